The third kappa shape index (κ3) is 12.8. The van der Waals surface area contributed by atoms with Crippen LogP contribution in [-0.2, 0) is 8.23 Å². The summed E-state index contributed by atoms with van der Waals surface area (Å²) in [5, 5.41) is 0. The van der Waals surface area contributed by atoms with E-state index in [1.165, 1.54) is 5.67 Å². The lowest BCUT2D eigenvalue weighted by atomic mass is 11.8. The van der Waals surface area contributed by atoms with Crippen molar-refractivity contribution in [2.75, 3.05) is 0 Å². The van der Waals surface area contributed by atoms with Gasteiger partial charge in [-0.3, -0.25) is 0 Å². The van der Waals surface area contributed by atoms with Crippen LogP contribution in [0.2, 0.25) is 44.9 Å². The van der Waals surface area contributed by atoms with Gasteiger partial charge in [-0.1, -0.05) is 0 Å². The second-order valence-corrected chi connectivity index (χ2v) is 19.7. The van der Waals surface area contributed by atoms with Gasteiger partial charge in [0, 0.05) is 0 Å². The number of hydrogen-bond acceptors (Lipinski definition) is 2. The van der Waals surface area contributed by atoms with Gasteiger partial charge in [0.2, 0.25) is 0 Å². The summed E-state index contributed by atoms with van der Waals surface area (Å²) in [5.74, 6) is 0. The third-order valence-corrected chi connectivity index (χ3v) is 12.2. The second kappa shape index (κ2) is 5.62. The van der Waals surface area contributed by atoms with Crippen molar-refractivity contribution in [3.05, 3.63) is 0 Å². The van der Waals surface area contributed by atoms with Crippen LogP contribution in [0.15, 0.2) is 0 Å². The summed E-state index contributed by atoms with van der Waals surface area (Å²) in [6.45, 7) is 13.6. The Labute approximate surface area is 89.6 Å². The van der Waals surface area contributed by atoms with E-state index in [0.29, 0.717) is 0 Å². The van der Waals surface area contributed by atoms with Crippen LogP contribution in [0.25, 0.3) is 0 Å². The Bertz CT molecular complexity index is 122. The molecule has 0 aromatic rings. The van der Waals surface area contributed by atoms with Crippen molar-refractivity contribution >= 4 is 36.2 Å². The molecular weight excluding hydrogens is 228 g/mol. The highest BCUT2D eigenvalue weighted by molar-refractivity contribution is 6.77. The van der Waals surface area contributed by atoms with E-state index >= 15 is 0 Å². The Morgan fingerprint density at radius 2 is 1.08 bits per heavy atom. The smallest absolute Gasteiger partial charge is 0.169 e. The van der Waals surface area contributed by atoms with Crippen molar-refractivity contribution in [2.24, 2.45) is 0 Å². The standard InChI is InChI=1S/C7H24O2Si4/c1-12(2,3)8-10-7-11-9-13(4,5)6/h7,10-11H2,1-6H3. The van der Waals surface area contributed by atoms with Crippen molar-refractivity contribution in [1.29, 1.82) is 0 Å². The highest BCUT2D eigenvalue weighted by Crippen LogP contribution is 2.04. The maximum absolute atomic E-state index is 5.89. The summed E-state index contributed by atoms with van der Waals surface area (Å²) >= 11 is 0. The molecule has 0 aliphatic heterocycles. The molecule has 0 saturated carbocycles. The monoisotopic (exact) mass is 252 g/mol. The van der Waals surface area contributed by atoms with Crippen LogP contribution in [0.1, 0.15) is 0 Å². The van der Waals surface area contributed by atoms with Gasteiger partial charge in [-0.2, -0.15) is 0 Å². The molecule has 0 N–H and O–H groups in total. The van der Waals surface area contributed by atoms with Crippen LogP contribution in [0.4, 0.5) is 0 Å². The Morgan fingerprint density at radius 1 is 0.769 bits per heavy atom. The van der Waals surface area contributed by atoms with Crippen LogP contribution in [-0.4, -0.2) is 36.2 Å². The molecule has 0 rings (SSSR count). The molecule has 0 aliphatic carbocycles. The first-order chi connectivity index (χ1) is 5.71. The first-order valence-corrected chi connectivity index (χ1v) is 15.0. The topological polar surface area (TPSA) is 18.5 Å². The minimum Gasteiger partial charge on any atom is -0.461 e. The Morgan fingerprint density at radius 3 is 1.31 bits per heavy atom. The predicted octanol–water partition coefficient (Wildman–Crippen LogP) is 1.23. The molecule has 0 spiro atoms. The lowest BCUT2D eigenvalue weighted by Crippen LogP contribution is -2.31. The molecule has 13 heavy (non-hydrogen) atoms. The first kappa shape index (κ1) is 13.8. The maximum atomic E-state index is 5.89. The molecule has 0 heterocycles. The summed E-state index contributed by atoms with van der Waals surface area (Å²) in [4.78, 5) is 0. The summed E-state index contributed by atoms with van der Waals surface area (Å²) in [6.07, 6.45) is 0. The van der Waals surface area contributed by atoms with Crippen LogP contribution in [0.5, 0.6) is 0 Å². The Kier molecular flexibility index (Phi) is 5.96. The minimum absolute atomic E-state index is 0.241. The molecule has 0 fully saturated rings. The fourth-order valence-corrected chi connectivity index (χ4v) is 9.94. The van der Waals surface area contributed by atoms with Gasteiger partial charge in [0.15, 0.2) is 16.6 Å². The number of rotatable bonds is 6. The van der Waals surface area contributed by atoms with E-state index in [2.05, 4.69) is 39.3 Å². The molecule has 0 bridgehead atoms. The molecule has 2 nitrogen and oxygen atoms in total. The Balaban J connectivity index is 3.28. The lowest BCUT2D eigenvalue weighted by molar-refractivity contribution is 0.583. The molecule has 0 unspecified atom stereocenters. The van der Waals surface area contributed by atoms with Gasteiger partial charge in [0.05, 0.1) is 0 Å². The van der Waals surface area contributed by atoms with Crippen LogP contribution in [0.3, 0.4) is 0 Å². The van der Waals surface area contributed by atoms with E-state index in [-0.39, 0.29) is 19.5 Å². The molecule has 0 radical (unpaired) electrons. The SMILES string of the molecule is C[Si](C)(C)O[SiH2]C[SiH2]O[Si](C)(C)C. The predicted molar refractivity (Wildman–Crippen MR) is 70.8 cm³/mol. The molecule has 0 aromatic carbocycles. The minimum atomic E-state index is -1.21. The molecule has 0 saturated heterocycles. The highest BCUT2D eigenvalue weighted by Gasteiger charge is 2.15. The highest BCUT2D eigenvalue weighted by atomic mass is 28.4. The lowest BCUT2D eigenvalue weighted by Gasteiger charge is -2.19. The van der Waals surface area contributed by atoms with Gasteiger partial charge >= 0.3 is 0 Å². The van der Waals surface area contributed by atoms with Crippen LogP contribution in [0, 0.1) is 0 Å². The molecule has 6 heteroatoms. The Hall–Kier alpha value is 0.788. The van der Waals surface area contributed by atoms with E-state index < -0.39 is 16.6 Å². The second-order valence-electron chi connectivity index (χ2n) is 5.28. The first-order valence-electron chi connectivity index (χ1n) is 4.99. The summed E-state index contributed by atoms with van der Waals surface area (Å²) < 4.78 is 11.8. The van der Waals surface area contributed by atoms with Crippen LogP contribution < -0.4 is 0 Å². The van der Waals surface area contributed by atoms with Gasteiger partial charge in [-0.05, 0) is 44.9 Å². The number of hydrogen-bond donors (Lipinski definition) is 0. The third-order valence-electron chi connectivity index (χ3n) is 1.36. The molecule has 0 aromatic heterocycles. The maximum Gasteiger partial charge on any atom is 0.169 e. The normalized spacial score (nSPS) is 15.2. The summed E-state index contributed by atoms with van der Waals surface area (Å²) in [6, 6.07) is 0. The van der Waals surface area contributed by atoms with Crippen LogP contribution >= 0.6 is 0 Å². The van der Waals surface area contributed by atoms with Gasteiger partial charge in [0.25, 0.3) is 0 Å². The largest absolute Gasteiger partial charge is 0.461 e. The van der Waals surface area contributed by atoms with Crippen molar-refractivity contribution < 1.29 is 8.23 Å². The van der Waals surface area contributed by atoms with Crippen molar-refractivity contribution in [3.8, 4) is 0 Å². The molecule has 80 valence electrons. The molecule has 0 amide bonds. The average molecular weight is 253 g/mol. The summed E-state index contributed by atoms with van der Waals surface area (Å²) in [5.41, 5.74) is 1.31. The molecule has 0 aliphatic rings. The average Bonchev–Trinajstić information content (AvgIpc) is 1.81. The fourth-order valence-electron chi connectivity index (χ4n) is 0.816. The van der Waals surface area contributed by atoms with E-state index in [1.807, 2.05) is 0 Å². The van der Waals surface area contributed by atoms with Gasteiger partial charge in [-0.25, -0.2) is 0 Å². The quantitative estimate of drug-likeness (QED) is 0.523. The molecule has 0 atom stereocenters. The van der Waals surface area contributed by atoms with Crippen molar-refractivity contribution in [1.82, 2.24) is 0 Å². The van der Waals surface area contributed by atoms with E-state index in [0.717, 1.165) is 0 Å². The van der Waals surface area contributed by atoms with E-state index in [1.54, 1.807) is 0 Å². The fraction of sp³-hybridized carbons (Fsp3) is 1.00. The zero-order chi connectivity index (χ0) is 10.5. The van der Waals surface area contributed by atoms with E-state index in [9.17, 15) is 0 Å². The molecular formula is C7H24O2Si4. The van der Waals surface area contributed by atoms with Gasteiger partial charge < -0.3 is 8.23 Å². The van der Waals surface area contributed by atoms with Gasteiger partial charge in [-0.15, -0.1) is 0 Å². The summed E-state index contributed by atoms with van der Waals surface area (Å²) in [7, 11) is -2.91. The zero-order valence-electron chi connectivity index (χ0n) is 9.94. The van der Waals surface area contributed by atoms with E-state index in [4.69, 9.17) is 8.23 Å². The van der Waals surface area contributed by atoms with Gasteiger partial charge in [0.1, 0.15) is 19.5 Å². The van der Waals surface area contributed by atoms with Crippen molar-refractivity contribution in [2.45, 2.75) is 44.9 Å². The zero-order valence-corrected chi connectivity index (χ0v) is 14.8. The van der Waals surface area contributed by atoms with Crippen molar-refractivity contribution in [3.63, 3.8) is 0 Å².